The summed E-state index contributed by atoms with van der Waals surface area (Å²) in [6, 6.07) is 8.48. The first-order chi connectivity index (χ1) is 11.4. The zero-order valence-corrected chi connectivity index (χ0v) is 17.3. The Morgan fingerprint density at radius 3 is 0.778 bits per heavy atom. The number of hydrogen-bond acceptors (Lipinski definition) is 0. The second-order valence-corrected chi connectivity index (χ2v) is 8.88. The van der Waals surface area contributed by atoms with Gasteiger partial charge in [-0.25, -0.2) is 0 Å². The Kier molecular flexibility index (Phi) is 19.9. The van der Waals surface area contributed by atoms with Crippen LogP contribution in [0, 0.1) is 37.5 Å². The van der Waals surface area contributed by atoms with Crippen LogP contribution in [0.15, 0.2) is 24.3 Å². The predicted octanol–water partition coefficient (Wildman–Crippen LogP) is 10.1. The van der Waals surface area contributed by atoms with Crippen molar-refractivity contribution in [1.82, 2.24) is 0 Å². The summed E-state index contributed by atoms with van der Waals surface area (Å²) in [7, 11) is 0. The summed E-state index contributed by atoms with van der Waals surface area (Å²) in [4.78, 5) is 0. The minimum Gasteiger partial charge on any atom is -0.0776 e. The highest BCUT2D eigenvalue weighted by Gasteiger charge is 2.13. The molecule has 2 aliphatic rings. The molecule has 0 aliphatic heterocycles. The van der Waals surface area contributed by atoms with E-state index in [4.69, 9.17) is 0 Å². The summed E-state index contributed by atoms with van der Waals surface area (Å²) < 4.78 is 0. The van der Waals surface area contributed by atoms with E-state index in [0.717, 1.165) is 23.7 Å². The first kappa shape index (κ1) is 30.9. The van der Waals surface area contributed by atoms with Gasteiger partial charge < -0.3 is 0 Å². The molecular formula is C27H56. The summed E-state index contributed by atoms with van der Waals surface area (Å²) in [6.07, 6.45) is 11.8. The second kappa shape index (κ2) is 17.3. The van der Waals surface area contributed by atoms with Crippen LogP contribution in [-0.4, -0.2) is 0 Å². The minimum atomic E-state index is 0. The van der Waals surface area contributed by atoms with E-state index in [9.17, 15) is 0 Å². The average Bonchev–Trinajstić information content (AvgIpc) is 2.57. The van der Waals surface area contributed by atoms with Gasteiger partial charge in [0.15, 0.2) is 0 Å². The molecule has 2 saturated carbocycles. The SMILES string of the molecule is C.C.C.CC1CCC(C)CC1.CC1CCC(C)CC1.Cc1ccc(C)cc1.[HH]. The molecule has 1 aromatic carbocycles. The van der Waals surface area contributed by atoms with Gasteiger partial charge in [-0.2, -0.15) is 0 Å². The van der Waals surface area contributed by atoms with E-state index < -0.39 is 0 Å². The van der Waals surface area contributed by atoms with Crippen molar-refractivity contribution in [2.75, 3.05) is 0 Å². The third-order valence-electron chi connectivity index (χ3n) is 5.83. The van der Waals surface area contributed by atoms with Crippen LogP contribution < -0.4 is 0 Å². The van der Waals surface area contributed by atoms with Gasteiger partial charge in [0.05, 0.1) is 0 Å². The summed E-state index contributed by atoms with van der Waals surface area (Å²) in [5.74, 6) is 4.08. The molecule has 0 amide bonds. The van der Waals surface area contributed by atoms with Crippen molar-refractivity contribution in [1.29, 1.82) is 0 Å². The Labute approximate surface area is 176 Å². The molecule has 0 radical (unpaired) electrons. The molecular weight excluding hydrogens is 324 g/mol. The van der Waals surface area contributed by atoms with Crippen molar-refractivity contribution in [2.24, 2.45) is 23.7 Å². The summed E-state index contributed by atoms with van der Waals surface area (Å²) in [5.41, 5.74) is 2.66. The van der Waals surface area contributed by atoms with Crippen molar-refractivity contribution in [2.45, 2.75) is 115 Å². The highest BCUT2D eigenvalue weighted by atomic mass is 14.2. The second-order valence-electron chi connectivity index (χ2n) is 8.88. The van der Waals surface area contributed by atoms with Gasteiger partial charge in [-0.05, 0) is 37.5 Å². The van der Waals surface area contributed by atoms with Gasteiger partial charge in [0.1, 0.15) is 0 Å². The number of hydrogen-bond donors (Lipinski definition) is 0. The van der Waals surface area contributed by atoms with Crippen molar-refractivity contribution in [3.63, 3.8) is 0 Å². The van der Waals surface area contributed by atoms with Crippen molar-refractivity contribution in [3.05, 3.63) is 35.4 Å². The lowest BCUT2D eigenvalue weighted by molar-refractivity contribution is 0.308. The van der Waals surface area contributed by atoms with Gasteiger partial charge in [-0.3, -0.25) is 0 Å². The highest BCUT2D eigenvalue weighted by Crippen LogP contribution is 2.27. The van der Waals surface area contributed by atoms with Crippen molar-refractivity contribution >= 4 is 0 Å². The topological polar surface area (TPSA) is 0 Å². The lowest BCUT2D eigenvalue weighted by Gasteiger charge is -2.22. The molecule has 164 valence electrons. The van der Waals surface area contributed by atoms with Gasteiger partial charge in [0.25, 0.3) is 0 Å². The summed E-state index contributed by atoms with van der Waals surface area (Å²) in [5, 5.41) is 0. The normalized spacial score (nSPS) is 26.3. The Morgan fingerprint density at radius 1 is 0.481 bits per heavy atom. The molecule has 3 rings (SSSR count). The maximum Gasteiger partial charge on any atom is 0 e. The van der Waals surface area contributed by atoms with E-state index in [2.05, 4.69) is 65.8 Å². The van der Waals surface area contributed by atoms with Crippen LogP contribution in [0.2, 0.25) is 0 Å². The highest BCUT2D eigenvalue weighted by molar-refractivity contribution is 5.19. The molecule has 0 aromatic heterocycles. The van der Waals surface area contributed by atoms with Crippen LogP contribution in [0.3, 0.4) is 0 Å². The van der Waals surface area contributed by atoms with Crippen LogP contribution in [0.5, 0.6) is 0 Å². The first-order valence-corrected chi connectivity index (χ1v) is 10.4. The molecule has 2 fully saturated rings. The van der Waals surface area contributed by atoms with Gasteiger partial charge in [0.2, 0.25) is 0 Å². The predicted molar refractivity (Wildman–Crippen MR) is 132 cm³/mol. The third kappa shape index (κ3) is 15.9. The van der Waals surface area contributed by atoms with Crippen molar-refractivity contribution < 1.29 is 1.43 Å². The molecule has 0 unspecified atom stereocenters. The first-order valence-electron chi connectivity index (χ1n) is 10.4. The zero-order valence-electron chi connectivity index (χ0n) is 17.3. The van der Waals surface area contributed by atoms with Crippen molar-refractivity contribution in [3.8, 4) is 0 Å². The Morgan fingerprint density at radius 2 is 0.630 bits per heavy atom. The Bertz CT molecular complexity index is 345. The average molecular weight is 381 g/mol. The molecule has 0 atom stereocenters. The van der Waals surface area contributed by atoms with E-state index in [1.165, 1.54) is 62.5 Å². The van der Waals surface area contributed by atoms with E-state index in [1.807, 2.05) is 0 Å². The minimum absolute atomic E-state index is 0. The fraction of sp³-hybridized carbons (Fsp3) is 0.778. The quantitative estimate of drug-likeness (QED) is 0.420. The van der Waals surface area contributed by atoms with Crippen LogP contribution in [0.1, 0.15) is 114 Å². The molecule has 0 heteroatoms. The molecule has 0 bridgehead atoms. The fourth-order valence-corrected chi connectivity index (χ4v) is 3.49. The largest absolute Gasteiger partial charge is 0.0776 e. The van der Waals surface area contributed by atoms with Gasteiger partial charge in [-0.15, -0.1) is 0 Å². The molecule has 2 aliphatic carbocycles. The van der Waals surface area contributed by atoms with E-state index in [-0.39, 0.29) is 23.7 Å². The van der Waals surface area contributed by atoms with Gasteiger partial charge in [0, 0.05) is 1.43 Å². The number of rotatable bonds is 0. The smallest absolute Gasteiger partial charge is 0 e. The number of benzene rings is 1. The summed E-state index contributed by atoms with van der Waals surface area (Å²) in [6.45, 7) is 13.7. The fourth-order valence-electron chi connectivity index (χ4n) is 3.49. The van der Waals surface area contributed by atoms with Crippen LogP contribution in [0.4, 0.5) is 0 Å². The lowest BCUT2D eigenvalue weighted by Crippen LogP contribution is -2.08. The molecule has 0 spiro atoms. The summed E-state index contributed by atoms with van der Waals surface area (Å²) >= 11 is 0. The molecule has 0 saturated heterocycles. The molecule has 1 aromatic rings. The standard InChI is InChI=1S/2C8H16.C8H10.3CH4.H2/c3*1-7-3-5-8(2)6-4-7;;;;/h2*7-8H,3-6H2,1-2H3;3-6H,1-2H3;3*1H4;1H. The maximum atomic E-state index is 2.37. The monoisotopic (exact) mass is 380 g/mol. The zero-order chi connectivity index (χ0) is 17.9. The van der Waals surface area contributed by atoms with Crippen LogP contribution in [0.25, 0.3) is 0 Å². The molecule has 0 nitrogen and oxygen atoms in total. The maximum absolute atomic E-state index is 2.37. The van der Waals surface area contributed by atoms with Gasteiger partial charge in [-0.1, -0.05) is 137 Å². The molecule has 0 heterocycles. The Hall–Kier alpha value is -0.780. The van der Waals surface area contributed by atoms with E-state index in [1.54, 1.807) is 0 Å². The lowest BCUT2D eigenvalue weighted by atomic mass is 9.84. The van der Waals surface area contributed by atoms with Crippen LogP contribution >= 0.6 is 0 Å². The van der Waals surface area contributed by atoms with Crippen LogP contribution in [-0.2, 0) is 0 Å². The molecule has 0 N–H and O–H groups in total. The Balaban J connectivity index is -0.000000144. The van der Waals surface area contributed by atoms with Gasteiger partial charge >= 0.3 is 0 Å². The van der Waals surface area contributed by atoms with E-state index >= 15 is 0 Å². The third-order valence-corrected chi connectivity index (χ3v) is 5.83. The van der Waals surface area contributed by atoms with E-state index in [0.29, 0.717) is 0 Å². The molecule has 27 heavy (non-hydrogen) atoms. The number of aryl methyl sites for hydroxylation is 2.